The minimum atomic E-state index is -0.0455. The highest BCUT2D eigenvalue weighted by molar-refractivity contribution is 6.30. The van der Waals surface area contributed by atoms with Gasteiger partial charge in [-0.1, -0.05) is 49.2 Å². The Bertz CT molecular complexity index is 534. The van der Waals surface area contributed by atoms with Gasteiger partial charge in [-0.15, -0.1) is 11.6 Å². The number of alkyl halides is 1. The van der Waals surface area contributed by atoms with Crippen molar-refractivity contribution in [1.82, 2.24) is 0 Å². The Balaban J connectivity index is 1.93. The molecule has 1 atom stereocenters. The van der Waals surface area contributed by atoms with Crippen molar-refractivity contribution in [1.29, 1.82) is 0 Å². The Labute approximate surface area is 136 Å². The summed E-state index contributed by atoms with van der Waals surface area (Å²) in [5.74, 6) is 0.905. The molecule has 1 nitrogen and oxygen atoms in total. The maximum atomic E-state index is 6.49. The minimum absolute atomic E-state index is 0.0455. The first-order valence-corrected chi connectivity index (χ1v) is 8.11. The van der Waals surface area contributed by atoms with E-state index in [2.05, 4.69) is 6.92 Å². The first kappa shape index (κ1) is 16.2. The second kappa shape index (κ2) is 8.31. The van der Waals surface area contributed by atoms with Crippen molar-refractivity contribution in [3.8, 4) is 5.75 Å². The van der Waals surface area contributed by atoms with Gasteiger partial charge >= 0.3 is 0 Å². The molecule has 0 spiro atoms. The second-order valence-electron chi connectivity index (χ2n) is 5.07. The van der Waals surface area contributed by atoms with Crippen molar-refractivity contribution < 1.29 is 4.74 Å². The van der Waals surface area contributed by atoms with Crippen LogP contribution in [0.5, 0.6) is 5.75 Å². The summed E-state index contributed by atoms with van der Waals surface area (Å²) in [7, 11) is 0. The summed E-state index contributed by atoms with van der Waals surface area (Å²) in [6.45, 7) is 2.92. The van der Waals surface area contributed by atoms with Crippen LogP contribution in [0.15, 0.2) is 48.5 Å². The van der Waals surface area contributed by atoms with Crippen molar-refractivity contribution in [3.63, 3.8) is 0 Å². The quantitative estimate of drug-likeness (QED) is 0.446. The van der Waals surface area contributed by atoms with E-state index < -0.39 is 0 Å². The predicted molar refractivity (Wildman–Crippen MR) is 90.6 cm³/mol. The predicted octanol–water partition coefficient (Wildman–Crippen LogP) is 6.04. The summed E-state index contributed by atoms with van der Waals surface area (Å²) < 4.78 is 5.65. The summed E-state index contributed by atoms with van der Waals surface area (Å²) in [4.78, 5) is 0. The minimum Gasteiger partial charge on any atom is -0.494 e. The number of hydrogen-bond donors (Lipinski definition) is 0. The maximum absolute atomic E-state index is 6.49. The van der Waals surface area contributed by atoms with Crippen LogP contribution in [0.4, 0.5) is 0 Å². The van der Waals surface area contributed by atoms with E-state index in [9.17, 15) is 0 Å². The van der Waals surface area contributed by atoms with Crippen LogP contribution in [0.25, 0.3) is 0 Å². The van der Waals surface area contributed by atoms with Crippen molar-refractivity contribution in [2.24, 2.45) is 0 Å². The third kappa shape index (κ3) is 5.26. The maximum Gasteiger partial charge on any atom is 0.119 e. The summed E-state index contributed by atoms with van der Waals surface area (Å²) in [5.41, 5.74) is 2.29. The van der Waals surface area contributed by atoms with Crippen LogP contribution >= 0.6 is 23.2 Å². The molecule has 0 saturated carbocycles. The molecule has 0 bridgehead atoms. The topological polar surface area (TPSA) is 9.23 Å². The zero-order valence-corrected chi connectivity index (χ0v) is 13.7. The monoisotopic (exact) mass is 322 g/mol. The van der Waals surface area contributed by atoms with Crippen LogP contribution in [0.2, 0.25) is 5.02 Å². The molecule has 3 heteroatoms. The highest BCUT2D eigenvalue weighted by Crippen LogP contribution is 2.27. The molecular formula is C18H20Cl2O. The molecule has 0 fully saturated rings. The molecule has 0 amide bonds. The van der Waals surface area contributed by atoms with Gasteiger partial charge in [0, 0.05) is 5.02 Å². The lowest BCUT2D eigenvalue weighted by atomic mass is 10.0. The molecule has 0 heterocycles. The molecule has 2 aromatic rings. The normalized spacial score (nSPS) is 12.1. The van der Waals surface area contributed by atoms with E-state index in [1.165, 1.54) is 5.56 Å². The number of benzene rings is 2. The van der Waals surface area contributed by atoms with Gasteiger partial charge in [-0.25, -0.2) is 0 Å². The molecule has 0 aliphatic heterocycles. The van der Waals surface area contributed by atoms with E-state index in [-0.39, 0.29) is 5.38 Å². The van der Waals surface area contributed by atoms with Gasteiger partial charge in [-0.3, -0.25) is 0 Å². The Morgan fingerprint density at radius 2 is 1.67 bits per heavy atom. The first-order chi connectivity index (χ1) is 10.2. The number of ether oxygens (including phenoxy) is 1. The van der Waals surface area contributed by atoms with Crippen LogP contribution < -0.4 is 4.74 Å². The molecule has 0 radical (unpaired) electrons. The Morgan fingerprint density at radius 1 is 1.00 bits per heavy atom. The SMILES string of the molecule is CCCCOc1ccc(C(Cl)Cc2ccc(Cl)cc2)cc1. The average Bonchev–Trinajstić information content (AvgIpc) is 2.50. The summed E-state index contributed by atoms with van der Waals surface area (Å²) in [6.07, 6.45) is 3.01. The highest BCUT2D eigenvalue weighted by Gasteiger charge is 2.09. The fraction of sp³-hybridized carbons (Fsp3) is 0.333. The Hall–Kier alpha value is -1.18. The van der Waals surface area contributed by atoms with Crippen LogP contribution in [0.3, 0.4) is 0 Å². The summed E-state index contributed by atoms with van der Waals surface area (Å²) >= 11 is 12.4. The molecule has 0 aromatic heterocycles. The molecule has 2 aromatic carbocycles. The number of hydrogen-bond acceptors (Lipinski definition) is 1. The zero-order chi connectivity index (χ0) is 15.1. The van der Waals surface area contributed by atoms with Crippen molar-refractivity contribution in [2.75, 3.05) is 6.61 Å². The van der Waals surface area contributed by atoms with E-state index in [0.717, 1.165) is 42.2 Å². The molecular weight excluding hydrogens is 303 g/mol. The standard InChI is InChI=1S/C18H20Cl2O/c1-2-3-12-21-17-10-6-15(7-11-17)18(20)13-14-4-8-16(19)9-5-14/h4-11,18H,2-3,12-13H2,1H3. The number of halogens is 2. The van der Waals surface area contributed by atoms with Gasteiger partial charge in [-0.05, 0) is 48.2 Å². The van der Waals surface area contributed by atoms with Crippen molar-refractivity contribution in [3.05, 3.63) is 64.7 Å². The number of rotatable bonds is 7. The molecule has 1 unspecified atom stereocenters. The summed E-state index contributed by atoms with van der Waals surface area (Å²) in [5, 5.41) is 0.703. The molecule has 112 valence electrons. The van der Waals surface area contributed by atoms with E-state index >= 15 is 0 Å². The van der Waals surface area contributed by atoms with Gasteiger partial charge in [0.05, 0.1) is 12.0 Å². The van der Waals surface area contributed by atoms with Gasteiger partial charge < -0.3 is 4.74 Å². The number of unbranched alkanes of at least 4 members (excludes halogenated alkanes) is 1. The molecule has 0 saturated heterocycles. The van der Waals surface area contributed by atoms with Gasteiger partial charge in [0.1, 0.15) is 5.75 Å². The summed E-state index contributed by atoms with van der Waals surface area (Å²) in [6, 6.07) is 15.9. The van der Waals surface area contributed by atoms with Crippen LogP contribution in [-0.2, 0) is 6.42 Å². The largest absolute Gasteiger partial charge is 0.494 e. The van der Waals surface area contributed by atoms with E-state index in [4.69, 9.17) is 27.9 Å². The second-order valence-corrected chi connectivity index (χ2v) is 6.03. The molecule has 0 aliphatic carbocycles. The molecule has 21 heavy (non-hydrogen) atoms. The molecule has 0 N–H and O–H groups in total. The van der Waals surface area contributed by atoms with Crippen molar-refractivity contribution in [2.45, 2.75) is 31.6 Å². The lowest BCUT2D eigenvalue weighted by molar-refractivity contribution is 0.309. The van der Waals surface area contributed by atoms with Gasteiger partial charge in [-0.2, -0.15) is 0 Å². The van der Waals surface area contributed by atoms with Crippen LogP contribution in [-0.4, -0.2) is 6.61 Å². The average molecular weight is 323 g/mol. The first-order valence-electron chi connectivity index (χ1n) is 7.30. The van der Waals surface area contributed by atoms with Crippen molar-refractivity contribution >= 4 is 23.2 Å². The van der Waals surface area contributed by atoms with Crippen LogP contribution in [0.1, 0.15) is 36.3 Å². The third-order valence-electron chi connectivity index (χ3n) is 3.34. The van der Waals surface area contributed by atoms with Gasteiger partial charge in [0.25, 0.3) is 0 Å². The van der Waals surface area contributed by atoms with Crippen LogP contribution in [0, 0.1) is 0 Å². The smallest absolute Gasteiger partial charge is 0.119 e. The highest BCUT2D eigenvalue weighted by atomic mass is 35.5. The Morgan fingerprint density at radius 3 is 2.29 bits per heavy atom. The van der Waals surface area contributed by atoms with E-state index in [1.807, 2.05) is 48.5 Å². The third-order valence-corrected chi connectivity index (χ3v) is 3.99. The lowest BCUT2D eigenvalue weighted by Crippen LogP contribution is -1.98. The fourth-order valence-electron chi connectivity index (χ4n) is 2.05. The van der Waals surface area contributed by atoms with E-state index in [0.29, 0.717) is 0 Å². The lowest BCUT2D eigenvalue weighted by Gasteiger charge is -2.11. The van der Waals surface area contributed by atoms with Gasteiger partial charge in [0.2, 0.25) is 0 Å². The fourth-order valence-corrected chi connectivity index (χ4v) is 2.50. The Kier molecular flexibility index (Phi) is 6.41. The zero-order valence-electron chi connectivity index (χ0n) is 12.2. The van der Waals surface area contributed by atoms with Gasteiger partial charge in [0.15, 0.2) is 0 Å². The molecule has 0 aliphatic rings. The molecule has 2 rings (SSSR count). The van der Waals surface area contributed by atoms with E-state index in [1.54, 1.807) is 0 Å².